The Morgan fingerprint density at radius 2 is 1.90 bits per heavy atom. The first kappa shape index (κ1) is 17.1. The molecule has 1 fully saturated rings. The molecular weight excluding hydrogens is 266 g/mol. The summed E-state index contributed by atoms with van der Waals surface area (Å²) in [6.07, 6.45) is 3.85. The monoisotopic (exact) mass is 293 g/mol. The van der Waals surface area contributed by atoms with E-state index in [2.05, 4.69) is 24.9 Å². The van der Waals surface area contributed by atoms with Crippen LogP contribution in [-0.2, 0) is 0 Å². The molecule has 0 unspecified atom stereocenters. The summed E-state index contributed by atoms with van der Waals surface area (Å²) in [6, 6.07) is 4.02. The zero-order chi connectivity index (χ0) is 15.1. The minimum atomic E-state index is 0.696. The topological polar surface area (TPSA) is 53.1 Å². The van der Waals surface area contributed by atoms with Crippen molar-refractivity contribution in [1.82, 2.24) is 4.90 Å². The molecule has 1 aromatic carbocycles. The number of anilines is 1. The molecule has 0 aliphatic carbocycles. The number of thioether (sulfide) groups is 1. The van der Waals surface area contributed by atoms with Crippen LogP contribution in [0.1, 0.15) is 37.8 Å². The molecule has 3 N–H and O–H groups in total. The lowest BCUT2D eigenvalue weighted by Gasteiger charge is -2.29. The summed E-state index contributed by atoms with van der Waals surface area (Å²) in [7, 11) is 2.18. The number of nitrogen functional groups attached to an aromatic ring is 1. The molecule has 1 aliphatic heterocycles. The summed E-state index contributed by atoms with van der Waals surface area (Å²) in [6.45, 7) is 8.43. The highest BCUT2D eigenvalue weighted by Gasteiger charge is 2.19. The fraction of sp³-hybridized carbons (Fsp3) is 0.562. The van der Waals surface area contributed by atoms with E-state index in [1.807, 2.05) is 31.7 Å². The van der Waals surface area contributed by atoms with E-state index in [0.29, 0.717) is 10.9 Å². The molecule has 0 atom stereocenters. The van der Waals surface area contributed by atoms with E-state index >= 15 is 0 Å². The van der Waals surface area contributed by atoms with Crippen molar-refractivity contribution in [2.75, 3.05) is 25.9 Å². The normalized spacial score (nSPS) is 16.4. The van der Waals surface area contributed by atoms with Crippen molar-refractivity contribution in [2.24, 2.45) is 0 Å². The van der Waals surface area contributed by atoms with Crippen molar-refractivity contribution in [1.29, 1.82) is 5.41 Å². The van der Waals surface area contributed by atoms with Crippen LogP contribution in [0.5, 0.6) is 0 Å². The number of nitrogens with one attached hydrogen (secondary N) is 1. The van der Waals surface area contributed by atoms with E-state index in [0.717, 1.165) is 11.1 Å². The van der Waals surface area contributed by atoms with Crippen molar-refractivity contribution in [3.63, 3.8) is 0 Å². The van der Waals surface area contributed by atoms with Gasteiger partial charge in [0.05, 0.1) is 0 Å². The first-order valence-electron chi connectivity index (χ1n) is 7.36. The largest absolute Gasteiger partial charge is 0.398 e. The molecule has 1 aromatic rings. The molecule has 2 rings (SSSR count). The smallest absolute Gasteiger partial charge is 0.0406 e. The summed E-state index contributed by atoms with van der Waals surface area (Å²) in [5.41, 5.74) is 8.60. The lowest BCUT2D eigenvalue weighted by Crippen LogP contribution is -2.31. The van der Waals surface area contributed by atoms with Crippen LogP contribution >= 0.6 is 11.8 Å². The number of hydrogen-bond acceptors (Lipinski definition) is 4. The van der Waals surface area contributed by atoms with E-state index in [9.17, 15) is 0 Å². The fourth-order valence-corrected chi connectivity index (χ4v) is 3.57. The second kappa shape index (κ2) is 8.32. The Hall–Kier alpha value is -1.00. The number of nitrogens with two attached hydrogens (primary N) is 1. The summed E-state index contributed by atoms with van der Waals surface area (Å²) in [5.74, 6) is 0. The molecule has 0 amide bonds. The number of likely N-dealkylation sites (tertiary alicyclic amines) is 1. The van der Waals surface area contributed by atoms with Gasteiger partial charge in [0.25, 0.3) is 0 Å². The maximum atomic E-state index is 7.45. The molecule has 1 aliphatic rings. The van der Waals surface area contributed by atoms with Crippen molar-refractivity contribution in [2.45, 2.75) is 43.8 Å². The number of rotatable bonds is 3. The number of benzene rings is 1. The van der Waals surface area contributed by atoms with Gasteiger partial charge in [-0.3, -0.25) is 0 Å². The van der Waals surface area contributed by atoms with Crippen LogP contribution in [0.2, 0.25) is 0 Å². The standard InChI is InChI=1S/C14H21N3S.C2H6/c1-10-12(9-15)13(16)3-4-14(10)18-11-5-7-17(2)8-6-11;1-2/h3-4,9,11,15H,5-8,16H2,1-2H3;1-2H3. The zero-order valence-electron chi connectivity index (χ0n) is 13.1. The summed E-state index contributed by atoms with van der Waals surface area (Å²) < 4.78 is 0. The van der Waals surface area contributed by atoms with Gasteiger partial charge in [-0.1, -0.05) is 13.8 Å². The maximum Gasteiger partial charge on any atom is 0.0406 e. The van der Waals surface area contributed by atoms with Crippen molar-refractivity contribution >= 4 is 23.7 Å². The van der Waals surface area contributed by atoms with Gasteiger partial charge in [-0.2, -0.15) is 0 Å². The molecule has 4 heteroatoms. The molecular formula is C16H27N3S. The van der Waals surface area contributed by atoms with Gasteiger partial charge >= 0.3 is 0 Å². The third-order valence-corrected chi connectivity index (χ3v) is 5.10. The average molecular weight is 293 g/mol. The van der Waals surface area contributed by atoms with Crippen molar-refractivity contribution in [3.05, 3.63) is 23.3 Å². The van der Waals surface area contributed by atoms with Crippen LogP contribution in [0.4, 0.5) is 5.69 Å². The molecule has 1 heterocycles. The van der Waals surface area contributed by atoms with E-state index < -0.39 is 0 Å². The molecule has 3 nitrogen and oxygen atoms in total. The SMILES string of the molecule is CC.Cc1c(SC2CCN(C)CC2)ccc(N)c1C=N. The van der Waals surface area contributed by atoms with E-state index in [1.54, 1.807) is 0 Å². The third-order valence-electron chi connectivity index (χ3n) is 3.60. The third kappa shape index (κ3) is 4.25. The lowest BCUT2D eigenvalue weighted by molar-refractivity contribution is 0.282. The average Bonchev–Trinajstić information content (AvgIpc) is 2.47. The van der Waals surface area contributed by atoms with Gasteiger partial charge in [0.1, 0.15) is 0 Å². The molecule has 112 valence electrons. The number of nitrogens with zero attached hydrogens (tertiary/aromatic N) is 1. The van der Waals surface area contributed by atoms with Crippen LogP contribution in [-0.4, -0.2) is 36.5 Å². The molecule has 20 heavy (non-hydrogen) atoms. The molecule has 0 bridgehead atoms. The predicted molar refractivity (Wildman–Crippen MR) is 91.2 cm³/mol. The van der Waals surface area contributed by atoms with Gasteiger partial charge in [0, 0.05) is 27.6 Å². The first-order chi connectivity index (χ1) is 9.61. The maximum absolute atomic E-state index is 7.45. The van der Waals surface area contributed by atoms with Crippen LogP contribution in [0.3, 0.4) is 0 Å². The number of piperidine rings is 1. The van der Waals surface area contributed by atoms with Crippen molar-refractivity contribution < 1.29 is 0 Å². The minimum Gasteiger partial charge on any atom is -0.398 e. The van der Waals surface area contributed by atoms with Gasteiger partial charge in [0.15, 0.2) is 0 Å². The number of hydrogen-bond donors (Lipinski definition) is 2. The molecule has 0 radical (unpaired) electrons. The zero-order valence-corrected chi connectivity index (χ0v) is 13.9. The van der Waals surface area contributed by atoms with E-state index in [1.165, 1.54) is 37.0 Å². The summed E-state index contributed by atoms with van der Waals surface area (Å²) in [5, 5.41) is 8.14. The highest BCUT2D eigenvalue weighted by molar-refractivity contribution is 8.00. The Morgan fingerprint density at radius 3 is 2.45 bits per heavy atom. The Balaban J connectivity index is 0.000000956. The Kier molecular flexibility index (Phi) is 7.10. The van der Waals surface area contributed by atoms with Gasteiger partial charge in [-0.15, -0.1) is 11.8 Å². The van der Waals surface area contributed by atoms with E-state index in [-0.39, 0.29) is 0 Å². The van der Waals surface area contributed by atoms with Crippen LogP contribution in [0.15, 0.2) is 17.0 Å². The molecule has 1 saturated heterocycles. The fourth-order valence-electron chi connectivity index (χ4n) is 2.33. The minimum absolute atomic E-state index is 0.696. The summed E-state index contributed by atoms with van der Waals surface area (Å²) in [4.78, 5) is 3.66. The van der Waals surface area contributed by atoms with Crippen LogP contribution in [0.25, 0.3) is 0 Å². The first-order valence-corrected chi connectivity index (χ1v) is 8.24. The molecule has 0 aromatic heterocycles. The van der Waals surface area contributed by atoms with Gasteiger partial charge in [-0.25, -0.2) is 0 Å². The van der Waals surface area contributed by atoms with Gasteiger partial charge < -0.3 is 16.0 Å². The van der Waals surface area contributed by atoms with Gasteiger partial charge in [0.2, 0.25) is 0 Å². The van der Waals surface area contributed by atoms with Crippen LogP contribution in [0, 0.1) is 12.3 Å². The highest BCUT2D eigenvalue weighted by atomic mass is 32.2. The Morgan fingerprint density at radius 1 is 1.30 bits per heavy atom. The Bertz CT molecular complexity index is 438. The van der Waals surface area contributed by atoms with Gasteiger partial charge in [-0.05, 0) is 57.6 Å². The predicted octanol–water partition coefficient (Wildman–Crippen LogP) is 3.79. The molecule has 0 saturated carbocycles. The second-order valence-corrected chi connectivity index (χ2v) is 6.30. The molecule has 0 spiro atoms. The van der Waals surface area contributed by atoms with Crippen molar-refractivity contribution in [3.8, 4) is 0 Å². The lowest BCUT2D eigenvalue weighted by atomic mass is 10.1. The highest BCUT2D eigenvalue weighted by Crippen LogP contribution is 2.34. The quantitative estimate of drug-likeness (QED) is 0.658. The Labute approximate surface area is 127 Å². The van der Waals surface area contributed by atoms with E-state index in [4.69, 9.17) is 11.1 Å². The summed E-state index contributed by atoms with van der Waals surface area (Å²) >= 11 is 1.95. The second-order valence-electron chi connectivity index (χ2n) is 4.96. The van der Waals surface area contributed by atoms with Crippen LogP contribution < -0.4 is 5.73 Å².